The minimum Gasteiger partial charge on any atom is -0.355 e. The van der Waals surface area contributed by atoms with Gasteiger partial charge < -0.3 is 10.6 Å². The van der Waals surface area contributed by atoms with E-state index in [0.717, 1.165) is 4.90 Å². The number of urea groups is 1. The van der Waals surface area contributed by atoms with Crippen LogP contribution in [0.15, 0.2) is 54.6 Å². The Bertz CT molecular complexity index is 989. The minimum absolute atomic E-state index is 0.0590. The summed E-state index contributed by atoms with van der Waals surface area (Å²) in [5.74, 6) is -3.03. The molecule has 2 aromatic rings. The van der Waals surface area contributed by atoms with Gasteiger partial charge in [0.25, 0.3) is 5.91 Å². The maximum absolute atomic E-state index is 12.5. The number of benzene rings is 2. The molecule has 9 nitrogen and oxygen atoms in total. The van der Waals surface area contributed by atoms with E-state index in [1.165, 1.54) is 13.1 Å². The Balaban J connectivity index is 1.67. The molecular weight excluding hydrogens is 376 g/mol. The van der Waals surface area contributed by atoms with Crippen molar-refractivity contribution in [3.63, 3.8) is 0 Å². The van der Waals surface area contributed by atoms with Crippen molar-refractivity contribution in [3.8, 4) is 0 Å². The first-order valence-electron chi connectivity index (χ1n) is 8.74. The van der Waals surface area contributed by atoms with Gasteiger partial charge in [0, 0.05) is 18.3 Å². The molecule has 0 radical (unpaired) electrons. The highest BCUT2D eigenvalue weighted by Gasteiger charge is 2.45. The first kappa shape index (κ1) is 19.7. The molecular formula is C20H18N4O5. The predicted molar refractivity (Wildman–Crippen MR) is 103 cm³/mol. The second-order valence-corrected chi connectivity index (χ2v) is 6.26. The van der Waals surface area contributed by atoms with E-state index in [9.17, 15) is 24.0 Å². The zero-order valence-electron chi connectivity index (χ0n) is 15.5. The van der Waals surface area contributed by atoms with Gasteiger partial charge in [0.1, 0.15) is 6.54 Å². The number of hydrogen-bond acceptors (Lipinski definition) is 5. The second kappa shape index (κ2) is 8.34. The van der Waals surface area contributed by atoms with Crippen LogP contribution in [0, 0.1) is 0 Å². The van der Waals surface area contributed by atoms with Gasteiger partial charge in [0.2, 0.25) is 5.91 Å². The van der Waals surface area contributed by atoms with Crippen molar-refractivity contribution in [2.24, 2.45) is 0 Å². The number of hydrogen-bond donors (Lipinski definition) is 2. The Kier molecular flexibility index (Phi) is 5.68. The van der Waals surface area contributed by atoms with E-state index in [0.29, 0.717) is 21.7 Å². The number of imide groups is 2. The summed E-state index contributed by atoms with van der Waals surface area (Å²) < 4.78 is 0. The summed E-state index contributed by atoms with van der Waals surface area (Å²) in [7, 11) is 1.48. The molecule has 2 N–H and O–H groups in total. The van der Waals surface area contributed by atoms with E-state index in [1.807, 2.05) is 0 Å². The highest BCUT2D eigenvalue weighted by Crippen LogP contribution is 2.16. The lowest BCUT2D eigenvalue weighted by atomic mass is 10.2. The highest BCUT2D eigenvalue weighted by molar-refractivity contribution is 6.45. The van der Waals surface area contributed by atoms with Crippen molar-refractivity contribution >= 4 is 35.3 Å². The summed E-state index contributed by atoms with van der Waals surface area (Å²) in [4.78, 5) is 62.2. The van der Waals surface area contributed by atoms with Crippen LogP contribution in [0.25, 0.3) is 0 Å². The third-order valence-electron chi connectivity index (χ3n) is 4.26. The van der Waals surface area contributed by atoms with Crippen LogP contribution >= 0.6 is 0 Å². The van der Waals surface area contributed by atoms with Crippen LogP contribution in [0.4, 0.5) is 10.5 Å². The normalized spacial score (nSPS) is 13.6. The lowest BCUT2D eigenvalue weighted by Crippen LogP contribution is -2.38. The Morgan fingerprint density at radius 3 is 2.28 bits per heavy atom. The molecule has 1 aliphatic rings. The Morgan fingerprint density at radius 1 is 0.897 bits per heavy atom. The van der Waals surface area contributed by atoms with Crippen LogP contribution in [0.5, 0.6) is 0 Å². The number of rotatable bonds is 6. The lowest BCUT2D eigenvalue weighted by Gasteiger charge is -2.15. The van der Waals surface area contributed by atoms with Gasteiger partial charge in [-0.15, -0.1) is 0 Å². The largest absolute Gasteiger partial charge is 0.355 e. The molecule has 0 aromatic heterocycles. The van der Waals surface area contributed by atoms with E-state index in [2.05, 4.69) is 10.6 Å². The van der Waals surface area contributed by atoms with Crippen molar-refractivity contribution in [2.45, 2.75) is 6.54 Å². The van der Waals surface area contributed by atoms with Gasteiger partial charge in [-0.25, -0.2) is 9.69 Å². The molecule has 6 amide bonds. The van der Waals surface area contributed by atoms with Crippen LogP contribution in [0.3, 0.4) is 0 Å². The van der Waals surface area contributed by atoms with E-state index in [4.69, 9.17) is 0 Å². The van der Waals surface area contributed by atoms with Crippen LogP contribution < -0.4 is 10.6 Å². The van der Waals surface area contributed by atoms with Gasteiger partial charge in [-0.2, -0.15) is 0 Å². The van der Waals surface area contributed by atoms with Gasteiger partial charge in [-0.3, -0.25) is 24.1 Å². The number of amides is 6. The van der Waals surface area contributed by atoms with Crippen molar-refractivity contribution < 1.29 is 24.0 Å². The zero-order valence-corrected chi connectivity index (χ0v) is 15.5. The molecule has 9 heteroatoms. The quantitative estimate of drug-likeness (QED) is 0.560. The lowest BCUT2D eigenvalue weighted by molar-refractivity contribution is -0.143. The molecule has 0 bridgehead atoms. The Morgan fingerprint density at radius 2 is 1.59 bits per heavy atom. The van der Waals surface area contributed by atoms with Crippen LogP contribution in [-0.4, -0.2) is 53.1 Å². The van der Waals surface area contributed by atoms with Gasteiger partial charge in [-0.05, 0) is 23.8 Å². The summed E-state index contributed by atoms with van der Waals surface area (Å²) >= 11 is 0. The van der Waals surface area contributed by atoms with Crippen LogP contribution in [-0.2, 0) is 20.9 Å². The van der Waals surface area contributed by atoms with E-state index >= 15 is 0 Å². The molecule has 0 spiro atoms. The first-order chi connectivity index (χ1) is 13.9. The number of carbonyl (C=O) groups is 5. The molecule has 2 aromatic carbocycles. The fraction of sp³-hybridized carbons (Fsp3) is 0.150. The summed E-state index contributed by atoms with van der Waals surface area (Å²) in [6.07, 6.45) is 0. The van der Waals surface area contributed by atoms with E-state index < -0.39 is 30.3 Å². The van der Waals surface area contributed by atoms with Gasteiger partial charge in [0.05, 0.1) is 6.54 Å². The minimum atomic E-state index is -1.06. The fourth-order valence-electron chi connectivity index (χ4n) is 2.82. The summed E-state index contributed by atoms with van der Waals surface area (Å²) in [5, 5.41) is 4.98. The highest BCUT2D eigenvalue weighted by atomic mass is 16.2. The molecule has 3 rings (SSSR count). The smallest absolute Gasteiger partial charge is 0.335 e. The SMILES string of the molecule is CNC(=O)c1cccc(NC(=O)CN2C(=O)C(=O)N(Cc3ccccc3)C2=O)c1. The summed E-state index contributed by atoms with van der Waals surface area (Å²) in [6.45, 7) is -0.671. The maximum Gasteiger partial charge on any atom is 0.335 e. The Labute approximate surface area is 166 Å². The molecule has 148 valence electrons. The van der Waals surface area contributed by atoms with Crippen molar-refractivity contribution in [1.82, 2.24) is 15.1 Å². The maximum atomic E-state index is 12.5. The number of nitrogens with zero attached hydrogens (tertiary/aromatic N) is 2. The molecule has 29 heavy (non-hydrogen) atoms. The Hall–Kier alpha value is -4.01. The van der Waals surface area contributed by atoms with Crippen molar-refractivity contribution in [1.29, 1.82) is 0 Å². The van der Waals surface area contributed by atoms with Gasteiger partial charge in [0.15, 0.2) is 0 Å². The molecule has 0 atom stereocenters. The molecule has 0 aliphatic carbocycles. The third-order valence-corrected chi connectivity index (χ3v) is 4.26. The van der Waals surface area contributed by atoms with Crippen molar-refractivity contribution in [3.05, 3.63) is 65.7 Å². The van der Waals surface area contributed by atoms with E-state index in [-0.39, 0.29) is 12.5 Å². The third kappa shape index (κ3) is 4.29. The molecule has 0 unspecified atom stereocenters. The monoisotopic (exact) mass is 394 g/mol. The van der Waals surface area contributed by atoms with Gasteiger partial charge >= 0.3 is 17.8 Å². The van der Waals surface area contributed by atoms with Crippen molar-refractivity contribution in [2.75, 3.05) is 18.9 Å². The fourth-order valence-corrected chi connectivity index (χ4v) is 2.82. The standard InChI is InChI=1S/C20H18N4O5/c1-21-17(26)14-8-5-9-15(10-14)22-16(25)12-24-19(28)18(27)23(20(24)29)11-13-6-3-2-4-7-13/h2-10H,11-12H2,1H3,(H,21,26)(H,22,25). The second-order valence-electron chi connectivity index (χ2n) is 6.26. The average molecular weight is 394 g/mol. The summed E-state index contributed by atoms with van der Waals surface area (Å²) in [5.41, 5.74) is 1.34. The molecule has 0 saturated carbocycles. The number of anilines is 1. The van der Waals surface area contributed by atoms with Crippen LogP contribution in [0.1, 0.15) is 15.9 Å². The molecule has 1 saturated heterocycles. The molecule has 1 fully saturated rings. The molecule has 1 heterocycles. The van der Waals surface area contributed by atoms with E-state index in [1.54, 1.807) is 48.5 Å². The number of nitrogens with one attached hydrogen (secondary N) is 2. The zero-order chi connectivity index (χ0) is 21.0. The first-order valence-corrected chi connectivity index (χ1v) is 8.74. The van der Waals surface area contributed by atoms with Gasteiger partial charge in [-0.1, -0.05) is 36.4 Å². The summed E-state index contributed by atoms with van der Waals surface area (Å²) in [6, 6.07) is 14.1. The molecule has 1 aliphatic heterocycles. The predicted octanol–water partition coefficient (Wildman–Crippen LogP) is 0.976. The average Bonchev–Trinajstić information content (AvgIpc) is 2.92. The topological polar surface area (TPSA) is 116 Å². The van der Waals surface area contributed by atoms with Crippen LogP contribution in [0.2, 0.25) is 0 Å². The number of carbonyl (C=O) groups excluding carboxylic acids is 5.